The third-order valence-corrected chi connectivity index (χ3v) is 11.1. The fraction of sp³-hybridized carbons (Fsp3) is 0.548. The highest BCUT2D eigenvalue weighted by Crippen LogP contribution is 2.35. The molecule has 1 saturated carbocycles. The third-order valence-electron chi connectivity index (χ3n) is 8.27. The lowest BCUT2D eigenvalue weighted by Crippen LogP contribution is -2.58. The van der Waals surface area contributed by atoms with Crippen LogP contribution >= 0.6 is 11.6 Å². The number of piperazine rings is 1. The van der Waals surface area contributed by atoms with Crippen LogP contribution in [0.1, 0.15) is 63.5 Å². The minimum Gasteiger partial charge on any atom is -0.453 e. The van der Waals surface area contributed by atoms with Crippen molar-refractivity contribution in [1.29, 1.82) is 0 Å². The van der Waals surface area contributed by atoms with Crippen LogP contribution in [0.4, 0.5) is 14.9 Å². The van der Waals surface area contributed by atoms with E-state index in [2.05, 4.69) is 16.0 Å². The van der Waals surface area contributed by atoms with Crippen LogP contribution in [-0.4, -0.2) is 68.3 Å². The summed E-state index contributed by atoms with van der Waals surface area (Å²) in [6.07, 6.45) is 1.99. The zero-order chi connectivity index (χ0) is 31.3. The number of methoxy groups -OCH3 is 1. The second kappa shape index (κ2) is 14.4. The van der Waals surface area contributed by atoms with Gasteiger partial charge < -0.3 is 20.7 Å². The second-order valence-corrected chi connectivity index (χ2v) is 14.4. The molecule has 4 atom stereocenters. The number of benzene rings is 2. The van der Waals surface area contributed by atoms with Crippen molar-refractivity contribution in [2.75, 3.05) is 25.5 Å². The molecule has 1 aliphatic carbocycles. The predicted octanol–water partition coefficient (Wildman–Crippen LogP) is 5.06. The van der Waals surface area contributed by atoms with Gasteiger partial charge in [-0.05, 0) is 74.8 Å². The fourth-order valence-electron chi connectivity index (χ4n) is 6.03. The predicted molar refractivity (Wildman–Crippen MR) is 166 cm³/mol. The molecule has 2 aliphatic rings. The summed E-state index contributed by atoms with van der Waals surface area (Å²) in [5, 5.41) is 9.10. The van der Waals surface area contributed by atoms with Gasteiger partial charge in [-0.15, -0.1) is 0 Å². The number of rotatable bonds is 12. The van der Waals surface area contributed by atoms with E-state index in [4.69, 9.17) is 16.3 Å². The molecule has 0 bridgehead atoms. The number of anilines is 1. The van der Waals surface area contributed by atoms with Crippen molar-refractivity contribution >= 4 is 39.3 Å². The molecule has 1 saturated heterocycles. The first-order valence-corrected chi connectivity index (χ1v) is 16.7. The average molecular weight is 637 g/mol. The van der Waals surface area contributed by atoms with E-state index >= 15 is 4.39 Å². The van der Waals surface area contributed by atoms with Gasteiger partial charge in [-0.2, -0.15) is 4.31 Å². The molecule has 0 unspecified atom stereocenters. The SMILES string of the molecule is COC(=O)N[C@H](C(=O)Nc1cccc(F)c1CCC[C@H]1CNC[C@H](C)N1S(=O)(=O)C1CC1)[C@@H](c1ccc(Cl)cc1)C(C)C. The maximum atomic E-state index is 15.2. The maximum Gasteiger partial charge on any atom is 0.407 e. The molecule has 236 valence electrons. The third kappa shape index (κ3) is 8.06. The molecular formula is C31H42ClFN4O5S. The van der Waals surface area contributed by atoms with E-state index < -0.39 is 39.8 Å². The quantitative estimate of drug-likeness (QED) is 0.300. The molecule has 0 spiro atoms. The average Bonchev–Trinajstić information content (AvgIpc) is 3.81. The Morgan fingerprint density at radius 3 is 2.47 bits per heavy atom. The molecule has 2 fully saturated rings. The number of hydrogen-bond donors (Lipinski definition) is 3. The molecule has 0 aromatic heterocycles. The van der Waals surface area contributed by atoms with Crippen LogP contribution in [0.3, 0.4) is 0 Å². The Labute approximate surface area is 258 Å². The largest absolute Gasteiger partial charge is 0.453 e. The van der Waals surface area contributed by atoms with Crippen LogP contribution in [0.2, 0.25) is 5.02 Å². The van der Waals surface area contributed by atoms with E-state index in [-0.39, 0.29) is 23.3 Å². The molecule has 43 heavy (non-hydrogen) atoms. The zero-order valence-electron chi connectivity index (χ0n) is 25.1. The molecule has 12 heteroatoms. The highest BCUT2D eigenvalue weighted by atomic mass is 35.5. The summed E-state index contributed by atoms with van der Waals surface area (Å²) < 4.78 is 48.0. The van der Waals surface area contributed by atoms with Gasteiger partial charge in [-0.1, -0.05) is 43.6 Å². The Hall–Kier alpha value is -2.73. The minimum absolute atomic E-state index is 0.0672. The highest BCUT2D eigenvalue weighted by molar-refractivity contribution is 7.90. The lowest BCUT2D eigenvalue weighted by atomic mass is 9.82. The topological polar surface area (TPSA) is 117 Å². The summed E-state index contributed by atoms with van der Waals surface area (Å²) in [5.74, 6) is -1.49. The molecule has 1 aliphatic heterocycles. The van der Waals surface area contributed by atoms with Gasteiger partial charge in [0.1, 0.15) is 11.9 Å². The summed E-state index contributed by atoms with van der Waals surface area (Å²) in [7, 11) is -2.14. The fourth-order valence-corrected chi connectivity index (χ4v) is 8.40. The number of sulfonamides is 1. The molecule has 2 amide bonds. The Morgan fingerprint density at radius 2 is 1.84 bits per heavy atom. The first-order chi connectivity index (χ1) is 20.4. The van der Waals surface area contributed by atoms with Gasteiger partial charge in [0, 0.05) is 47.4 Å². The van der Waals surface area contributed by atoms with E-state index in [0.29, 0.717) is 61.5 Å². The van der Waals surface area contributed by atoms with Crippen LogP contribution in [0.15, 0.2) is 42.5 Å². The van der Waals surface area contributed by atoms with Crippen LogP contribution in [0, 0.1) is 11.7 Å². The van der Waals surface area contributed by atoms with E-state index in [0.717, 1.165) is 5.56 Å². The van der Waals surface area contributed by atoms with Gasteiger partial charge in [-0.25, -0.2) is 17.6 Å². The number of ether oxygens (including phenoxy) is 1. The van der Waals surface area contributed by atoms with Crippen LogP contribution in [0.25, 0.3) is 0 Å². The van der Waals surface area contributed by atoms with Gasteiger partial charge in [-0.3, -0.25) is 4.79 Å². The van der Waals surface area contributed by atoms with E-state index in [1.807, 2.05) is 32.9 Å². The molecule has 1 heterocycles. The van der Waals surface area contributed by atoms with Crippen molar-refractivity contribution in [2.24, 2.45) is 5.92 Å². The van der Waals surface area contributed by atoms with Crippen LogP contribution < -0.4 is 16.0 Å². The summed E-state index contributed by atoms with van der Waals surface area (Å²) in [5.41, 5.74) is 1.43. The minimum atomic E-state index is -3.37. The Bertz CT molecular complexity index is 1390. The van der Waals surface area contributed by atoms with Gasteiger partial charge in [0.2, 0.25) is 15.9 Å². The van der Waals surface area contributed by atoms with Crippen molar-refractivity contribution in [3.05, 3.63) is 64.4 Å². The first-order valence-electron chi connectivity index (χ1n) is 14.8. The van der Waals surface area contributed by atoms with E-state index in [1.165, 1.54) is 19.2 Å². The van der Waals surface area contributed by atoms with Crippen molar-refractivity contribution in [3.8, 4) is 0 Å². The lowest BCUT2D eigenvalue weighted by molar-refractivity contribution is -0.118. The number of alkyl carbamates (subject to hydrolysis) is 1. The van der Waals surface area contributed by atoms with Gasteiger partial charge in [0.15, 0.2) is 0 Å². The second-order valence-electron chi connectivity index (χ2n) is 11.8. The zero-order valence-corrected chi connectivity index (χ0v) is 26.7. The number of halogens is 2. The molecular weight excluding hydrogens is 595 g/mol. The Kier molecular flexibility index (Phi) is 11.1. The highest BCUT2D eigenvalue weighted by Gasteiger charge is 2.45. The van der Waals surface area contributed by atoms with Crippen molar-refractivity contribution in [2.45, 2.75) is 82.2 Å². The standard InChI is InChI=1S/C31H42ClFN4O5S/c1-19(2)28(21-11-13-22(32)14-12-21)29(36-31(39)42-4)30(38)35-27-10-6-9-26(33)25(27)8-5-7-23-18-34-17-20(3)37(23)43(40,41)24-15-16-24/h6,9-14,19-20,23-24,28-29,34H,5,7-8,15-18H2,1-4H3,(H,35,38)(H,36,39)/t20-,23-,28+,29-/m0/s1. The first kappa shape index (κ1) is 33.2. The summed E-state index contributed by atoms with van der Waals surface area (Å²) >= 11 is 6.09. The van der Waals surface area contributed by atoms with Gasteiger partial charge in [0.05, 0.1) is 12.4 Å². The van der Waals surface area contributed by atoms with Crippen molar-refractivity contribution in [3.63, 3.8) is 0 Å². The number of hydrogen-bond acceptors (Lipinski definition) is 6. The Balaban J connectivity index is 1.52. The van der Waals surface area contributed by atoms with Crippen LogP contribution in [0.5, 0.6) is 0 Å². The molecule has 2 aromatic carbocycles. The molecule has 9 nitrogen and oxygen atoms in total. The number of carbonyl (C=O) groups excluding carboxylic acids is 2. The Morgan fingerprint density at radius 1 is 1.14 bits per heavy atom. The summed E-state index contributed by atoms with van der Waals surface area (Å²) in [6.45, 7) is 6.94. The maximum absolute atomic E-state index is 15.2. The number of nitrogens with zero attached hydrogens (tertiary/aromatic N) is 1. The van der Waals surface area contributed by atoms with Crippen molar-refractivity contribution in [1.82, 2.24) is 14.9 Å². The van der Waals surface area contributed by atoms with Gasteiger partial charge >= 0.3 is 6.09 Å². The smallest absolute Gasteiger partial charge is 0.407 e. The molecule has 0 radical (unpaired) electrons. The summed E-state index contributed by atoms with van der Waals surface area (Å²) in [6, 6.07) is 10.2. The molecule has 4 rings (SSSR count). The van der Waals surface area contributed by atoms with E-state index in [9.17, 15) is 18.0 Å². The van der Waals surface area contributed by atoms with Crippen molar-refractivity contribution < 1.29 is 27.1 Å². The van der Waals surface area contributed by atoms with E-state index in [1.54, 1.807) is 22.5 Å². The number of amides is 2. The summed E-state index contributed by atoms with van der Waals surface area (Å²) in [4.78, 5) is 26.1. The lowest BCUT2D eigenvalue weighted by Gasteiger charge is -2.40. The number of carbonyl (C=O) groups is 2. The molecule has 3 N–H and O–H groups in total. The van der Waals surface area contributed by atoms with Gasteiger partial charge in [0.25, 0.3) is 0 Å². The number of nitrogens with one attached hydrogen (secondary N) is 3. The molecule has 2 aromatic rings. The van der Waals surface area contributed by atoms with Crippen LogP contribution in [-0.2, 0) is 26.0 Å². The normalized spacial score (nSPS) is 20.8. The monoisotopic (exact) mass is 636 g/mol.